The van der Waals surface area contributed by atoms with Gasteiger partial charge in [-0.3, -0.25) is 4.79 Å². The van der Waals surface area contributed by atoms with Crippen LogP contribution in [0.4, 0.5) is 0 Å². The molecule has 0 spiro atoms. The molecule has 0 saturated carbocycles. The zero-order chi connectivity index (χ0) is 23.8. The van der Waals surface area contributed by atoms with E-state index < -0.39 is 22.5 Å². The van der Waals surface area contributed by atoms with E-state index in [0.29, 0.717) is 21.4 Å². The van der Waals surface area contributed by atoms with E-state index in [1.54, 1.807) is 55.6 Å². The molecule has 0 aliphatic heterocycles. The van der Waals surface area contributed by atoms with Gasteiger partial charge in [-0.25, -0.2) is 13.8 Å². The van der Waals surface area contributed by atoms with Gasteiger partial charge in [0.1, 0.15) is 5.75 Å². The number of methoxy groups -OCH3 is 1. The van der Waals surface area contributed by atoms with Gasteiger partial charge in [0, 0.05) is 16.6 Å². The van der Waals surface area contributed by atoms with Gasteiger partial charge in [-0.05, 0) is 71.8 Å². The molecular formula is C23H21Cl2N3O4S. The van der Waals surface area contributed by atoms with Crippen molar-refractivity contribution in [2.24, 2.45) is 5.10 Å². The summed E-state index contributed by atoms with van der Waals surface area (Å²) in [6.45, 7) is -0.501. The van der Waals surface area contributed by atoms with Crippen LogP contribution in [0.25, 0.3) is 0 Å². The lowest BCUT2D eigenvalue weighted by molar-refractivity contribution is -0.121. The van der Waals surface area contributed by atoms with Gasteiger partial charge in [-0.1, -0.05) is 35.3 Å². The van der Waals surface area contributed by atoms with E-state index in [1.807, 2.05) is 0 Å². The molecule has 0 unspecified atom stereocenters. The number of sulfonamides is 1. The molecule has 0 aliphatic rings. The van der Waals surface area contributed by atoms with E-state index in [0.717, 1.165) is 9.87 Å². The average Bonchev–Trinajstić information content (AvgIpc) is 2.79. The lowest BCUT2D eigenvalue weighted by atomic mass is 10.2. The van der Waals surface area contributed by atoms with Crippen LogP contribution in [0.5, 0.6) is 5.75 Å². The number of rotatable bonds is 9. The van der Waals surface area contributed by atoms with Crippen LogP contribution in [0.15, 0.2) is 82.8 Å². The number of hydrogen-bond acceptors (Lipinski definition) is 5. The standard InChI is InChI=1S/C23H21Cl2N3O4S/c1-32-21-9-5-17(6-10-21)14-26-27-23(29)16-28(15-18-3-2-4-20(25)13-18)33(30,31)22-11-7-19(24)8-12-22/h2-14H,15-16H2,1H3,(H,27,29)/b26-14-. The monoisotopic (exact) mass is 505 g/mol. The predicted molar refractivity (Wildman–Crippen MR) is 129 cm³/mol. The first-order valence-corrected chi connectivity index (χ1v) is 11.9. The van der Waals surface area contributed by atoms with Crippen LogP contribution < -0.4 is 10.2 Å². The lowest BCUT2D eigenvalue weighted by Gasteiger charge is -2.21. The Labute approximate surface area is 202 Å². The molecule has 0 saturated heterocycles. The molecule has 3 rings (SSSR count). The van der Waals surface area contributed by atoms with Crippen molar-refractivity contribution in [1.82, 2.24) is 9.73 Å². The van der Waals surface area contributed by atoms with Gasteiger partial charge in [-0.15, -0.1) is 0 Å². The van der Waals surface area contributed by atoms with Crippen molar-refractivity contribution in [2.45, 2.75) is 11.4 Å². The number of ether oxygens (including phenoxy) is 1. The second kappa shape index (κ2) is 11.3. The van der Waals surface area contributed by atoms with Crippen LogP contribution in [0.1, 0.15) is 11.1 Å². The normalized spacial score (nSPS) is 11.6. The maximum absolute atomic E-state index is 13.2. The number of nitrogens with one attached hydrogen (secondary N) is 1. The summed E-state index contributed by atoms with van der Waals surface area (Å²) in [6, 6.07) is 19.6. The molecule has 1 amide bonds. The number of carbonyl (C=O) groups excluding carboxylic acids is 1. The van der Waals surface area contributed by atoms with Gasteiger partial charge >= 0.3 is 0 Å². The SMILES string of the molecule is COc1ccc(/C=N\NC(=O)CN(Cc2cccc(Cl)c2)S(=O)(=O)c2ccc(Cl)cc2)cc1. The first-order chi connectivity index (χ1) is 15.8. The van der Waals surface area contributed by atoms with Gasteiger partial charge < -0.3 is 4.74 Å². The third kappa shape index (κ3) is 7.03. The third-order valence-electron chi connectivity index (χ3n) is 4.54. The van der Waals surface area contributed by atoms with Gasteiger partial charge in [0.05, 0.1) is 24.8 Å². The number of benzene rings is 3. The van der Waals surface area contributed by atoms with Crippen molar-refractivity contribution in [3.05, 3.63) is 94.0 Å². The molecule has 3 aromatic carbocycles. The zero-order valence-electron chi connectivity index (χ0n) is 17.6. The summed E-state index contributed by atoms with van der Waals surface area (Å²) in [5.74, 6) is 0.0968. The first-order valence-electron chi connectivity index (χ1n) is 9.74. The molecule has 0 heterocycles. The summed E-state index contributed by atoms with van der Waals surface area (Å²) in [5.41, 5.74) is 3.74. The van der Waals surface area contributed by atoms with Crippen LogP contribution in [-0.4, -0.2) is 38.5 Å². The minimum absolute atomic E-state index is 0.0171. The van der Waals surface area contributed by atoms with E-state index in [2.05, 4.69) is 10.5 Å². The van der Waals surface area contributed by atoms with Crippen LogP contribution in [0.3, 0.4) is 0 Å². The van der Waals surface area contributed by atoms with Gasteiger partial charge in [0.15, 0.2) is 0 Å². The van der Waals surface area contributed by atoms with Crippen LogP contribution in [-0.2, 0) is 21.4 Å². The molecule has 1 N–H and O–H groups in total. The molecule has 0 bridgehead atoms. The van der Waals surface area contributed by atoms with Crippen LogP contribution in [0.2, 0.25) is 10.0 Å². The molecule has 10 heteroatoms. The summed E-state index contributed by atoms with van der Waals surface area (Å²) in [6.07, 6.45) is 1.45. The number of hydrogen-bond donors (Lipinski definition) is 1. The van der Waals surface area contributed by atoms with Gasteiger partial charge in [-0.2, -0.15) is 9.41 Å². The van der Waals surface area contributed by atoms with Crippen molar-refractivity contribution >= 4 is 45.3 Å². The highest BCUT2D eigenvalue weighted by Gasteiger charge is 2.27. The topological polar surface area (TPSA) is 88.1 Å². The molecule has 0 fully saturated rings. The highest BCUT2D eigenvalue weighted by atomic mass is 35.5. The predicted octanol–water partition coefficient (Wildman–Crippen LogP) is 4.34. The molecule has 0 radical (unpaired) electrons. The van der Waals surface area contributed by atoms with E-state index in [1.165, 1.54) is 30.5 Å². The zero-order valence-corrected chi connectivity index (χ0v) is 19.9. The van der Waals surface area contributed by atoms with Crippen molar-refractivity contribution in [1.29, 1.82) is 0 Å². The maximum atomic E-state index is 13.2. The summed E-state index contributed by atoms with van der Waals surface area (Å²) in [5, 5.41) is 4.78. The van der Waals surface area contributed by atoms with Crippen molar-refractivity contribution in [3.63, 3.8) is 0 Å². The Hall–Kier alpha value is -2.91. The summed E-state index contributed by atoms with van der Waals surface area (Å²) >= 11 is 11.9. The molecule has 0 aliphatic carbocycles. The molecule has 0 atom stereocenters. The van der Waals surface area contributed by atoms with Crippen molar-refractivity contribution < 1.29 is 17.9 Å². The third-order valence-corrected chi connectivity index (χ3v) is 6.83. The fourth-order valence-corrected chi connectivity index (χ4v) is 4.61. The summed E-state index contributed by atoms with van der Waals surface area (Å²) < 4.78 is 32.6. The quantitative estimate of drug-likeness (QED) is 0.346. The largest absolute Gasteiger partial charge is 0.497 e. The number of carbonyl (C=O) groups is 1. The Balaban J connectivity index is 1.77. The van der Waals surface area contributed by atoms with E-state index in [4.69, 9.17) is 27.9 Å². The van der Waals surface area contributed by atoms with Gasteiger partial charge in [0.25, 0.3) is 5.91 Å². The van der Waals surface area contributed by atoms with Crippen molar-refractivity contribution in [2.75, 3.05) is 13.7 Å². The van der Waals surface area contributed by atoms with Crippen molar-refractivity contribution in [3.8, 4) is 5.75 Å². The molecule has 0 aromatic heterocycles. The average molecular weight is 506 g/mol. The number of hydrazone groups is 1. The smallest absolute Gasteiger partial charge is 0.255 e. The second-order valence-electron chi connectivity index (χ2n) is 6.92. The van der Waals surface area contributed by atoms with E-state index in [-0.39, 0.29) is 11.4 Å². The molecule has 172 valence electrons. The Morgan fingerprint density at radius 1 is 1.03 bits per heavy atom. The molecular weight excluding hydrogens is 485 g/mol. The highest BCUT2D eigenvalue weighted by Crippen LogP contribution is 2.21. The number of halogens is 2. The van der Waals surface area contributed by atoms with Gasteiger partial charge in [0.2, 0.25) is 10.0 Å². The lowest BCUT2D eigenvalue weighted by Crippen LogP contribution is -2.39. The summed E-state index contributed by atoms with van der Waals surface area (Å²) in [4.78, 5) is 12.6. The van der Waals surface area contributed by atoms with Crippen LogP contribution in [0, 0.1) is 0 Å². The number of amides is 1. The minimum atomic E-state index is -4.00. The Morgan fingerprint density at radius 2 is 1.73 bits per heavy atom. The minimum Gasteiger partial charge on any atom is -0.497 e. The molecule has 7 nitrogen and oxygen atoms in total. The van der Waals surface area contributed by atoms with Crippen LogP contribution >= 0.6 is 23.2 Å². The van der Waals surface area contributed by atoms with E-state index in [9.17, 15) is 13.2 Å². The fraction of sp³-hybridized carbons (Fsp3) is 0.130. The van der Waals surface area contributed by atoms with E-state index >= 15 is 0 Å². The molecule has 33 heavy (non-hydrogen) atoms. The number of nitrogens with zero attached hydrogens (tertiary/aromatic N) is 2. The fourth-order valence-electron chi connectivity index (χ4n) is 2.88. The maximum Gasteiger partial charge on any atom is 0.255 e. The summed E-state index contributed by atoms with van der Waals surface area (Å²) in [7, 11) is -2.44. The molecule has 3 aromatic rings. The second-order valence-corrected chi connectivity index (χ2v) is 9.73. The highest BCUT2D eigenvalue weighted by molar-refractivity contribution is 7.89. The Bertz CT molecular complexity index is 1230. The Kier molecular flexibility index (Phi) is 8.46. The first kappa shape index (κ1) is 24.7. The Morgan fingerprint density at radius 3 is 2.36 bits per heavy atom.